The summed E-state index contributed by atoms with van der Waals surface area (Å²) in [4.78, 5) is 35.9. The molecule has 156 valence electrons. The molecule has 3 fully saturated rings. The summed E-state index contributed by atoms with van der Waals surface area (Å²) in [7, 11) is 0. The Balaban J connectivity index is 1.90. The van der Waals surface area contributed by atoms with Crippen LogP contribution in [0.1, 0.15) is 13.3 Å². The van der Waals surface area contributed by atoms with Gasteiger partial charge in [-0.05, 0) is 13.3 Å². The number of carbonyl (C=O) groups excluding carboxylic acids is 3. The largest absolute Gasteiger partial charge is 0.458 e. The number of ether oxygens (including phenoxy) is 3. The minimum atomic E-state index is -5.94. The first-order valence-electron chi connectivity index (χ1n) is 8.12. The Morgan fingerprint density at radius 3 is 2.21 bits per heavy atom. The summed E-state index contributed by atoms with van der Waals surface area (Å²) in [5, 5.41) is 0. The fourth-order valence-corrected chi connectivity index (χ4v) is 4.20. The molecule has 2 aliphatic carbocycles. The Morgan fingerprint density at radius 2 is 1.71 bits per heavy atom. The molecule has 6 unspecified atom stereocenters. The third-order valence-electron chi connectivity index (χ3n) is 5.62. The smallest absolute Gasteiger partial charge is 0.437 e. The molecule has 0 N–H and O–H groups in total. The van der Waals surface area contributed by atoms with E-state index in [1.807, 2.05) is 0 Å². The number of alkyl halides is 6. The second-order valence-corrected chi connectivity index (χ2v) is 7.07. The zero-order valence-electron chi connectivity index (χ0n) is 14.2. The lowest BCUT2D eigenvalue weighted by Gasteiger charge is -2.36. The van der Waals surface area contributed by atoms with Crippen molar-refractivity contribution in [2.45, 2.75) is 43.5 Å². The highest BCUT2D eigenvalue weighted by Crippen LogP contribution is 2.59. The van der Waals surface area contributed by atoms with Crippen LogP contribution in [0.5, 0.6) is 0 Å². The van der Waals surface area contributed by atoms with E-state index >= 15 is 0 Å². The number of carbonyl (C=O) groups is 3. The number of hydrogen-bond acceptors (Lipinski definition) is 6. The molecule has 2 saturated carbocycles. The first-order chi connectivity index (χ1) is 12.7. The van der Waals surface area contributed by atoms with E-state index in [1.54, 1.807) is 0 Å². The molecule has 0 radical (unpaired) electrons. The van der Waals surface area contributed by atoms with Gasteiger partial charge in [-0.1, -0.05) is 6.58 Å². The summed E-state index contributed by atoms with van der Waals surface area (Å²) in [6.07, 6.45) is -13.1. The molecule has 28 heavy (non-hydrogen) atoms. The first-order valence-corrected chi connectivity index (χ1v) is 8.12. The van der Waals surface area contributed by atoms with Gasteiger partial charge in [0.2, 0.25) is 0 Å². The van der Waals surface area contributed by atoms with Crippen molar-refractivity contribution in [1.82, 2.24) is 0 Å². The monoisotopic (exact) mass is 416 g/mol. The van der Waals surface area contributed by atoms with Crippen LogP contribution in [0, 0.1) is 23.7 Å². The third kappa shape index (κ3) is 2.75. The minimum absolute atomic E-state index is 0.0602. The van der Waals surface area contributed by atoms with Gasteiger partial charge in [0.15, 0.2) is 0 Å². The van der Waals surface area contributed by atoms with Crippen LogP contribution in [0.4, 0.5) is 26.3 Å². The molecular formula is C16H14F6O6. The lowest BCUT2D eigenvalue weighted by Crippen LogP contribution is -2.58. The quantitative estimate of drug-likeness (QED) is 0.303. The average Bonchev–Trinajstić information content (AvgIpc) is 3.15. The number of esters is 3. The van der Waals surface area contributed by atoms with Gasteiger partial charge >= 0.3 is 30.3 Å². The molecular weight excluding hydrogens is 402 g/mol. The Morgan fingerprint density at radius 1 is 1.14 bits per heavy atom. The molecule has 1 heterocycles. The van der Waals surface area contributed by atoms with Gasteiger partial charge < -0.3 is 14.2 Å². The van der Waals surface area contributed by atoms with Crippen LogP contribution in [-0.4, -0.2) is 48.1 Å². The zero-order chi connectivity index (χ0) is 21.2. The van der Waals surface area contributed by atoms with Crippen LogP contribution in [0.15, 0.2) is 12.7 Å². The van der Waals surface area contributed by atoms with Gasteiger partial charge in [0, 0.05) is 17.9 Å². The highest BCUT2D eigenvalue weighted by molar-refractivity contribution is 5.87. The van der Waals surface area contributed by atoms with Crippen molar-refractivity contribution in [3.63, 3.8) is 0 Å². The van der Waals surface area contributed by atoms with Crippen molar-refractivity contribution >= 4 is 17.9 Å². The molecule has 0 spiro atoms. The van der Waals surface area contributed by atoms with E-state index in [1.165, 1.54) is 0 Å². The molecule has 0 amide bonds. The van der Waals surface area contributed by atoms with Gasteiger partial charge in [0.05, 0.1) is 11.8 Å². The van der Waals surface area contributed by atoms with Gasteiger partial charge in [0.1, 0.15) is 12.2 Å². The van der Waals surface area contributed by atoms with Crippen molar-refractivity contribution in [3.8, 4) is 0 Å². The standard InChI is InChI=1S/C16H14F6O6/c1-3-7(23)26-10-6-4-5-8(12(24)27-11(5)10)9(6)13(25)28-14(2,15(17,18)19)16(20,21)22/h3,5-6,8-11H,1,4H2,2H3. The summed E-state index contributed by atoms with van der Waals surface area (Å²) in [5.74, 6) is -8.28. The Kier molecular flexibility index (Phi) is 4.47. The second-order valence-electron chi connectivity index (χ2n) is 7.07. The maximum absolute atomic E-state index is 13.0. The highest BCUT2D eigenvalue weighted by atomic mass is 19.4. The Hall–Kier alpha value is -2.27. The Bertz CT molecular complexity index is 714. The van der Waals surface area contributed by atoms with Crippen molar-refractivity contribution in [3.05, 3.63) is 12.7 Å². The predicted molar refractivity (Wildman–Crippen MR) is 75.1 cm³/mol. The average molecular weight is 416 g/mol. The molecule has 6 atom stereocenters. The minimum Gasteiger partial charge on any atom is -0.458 e. The normalized spacial score (nSPS) is 34.2. The maximum Gasteiger partial charge on any atom is 0.437 e. The molecule has 12 heteroatoms. The van der Waals surface area contributed by atoms with Crippen LogP contribution in [0.25, 0.3) is 0 Å². The lowest BCUT2D eigenvalue weighted by molar-refractivity contribution is -0.364. The molecule has 3 rings (SSSR count). The summed E-state index contributed by atoms with van der Waals surface area (Å²) in [5.41, 5.74) is -4.76. The van der Waals surface area contributed by atoms with Crippen LogP contribution < -0.4 is 0 Å². The van der Waals surface area contributed by atoms with E-state index in [4.69, 9.17) is 9.47 Å². The SMILES string of the molecule is C=CC(=O)OC1C2CC3C1OC(=O)C3C2C(=O)OC(C)(C(F)(F)F)C(F)(F)F. The molecule has 1 aliphatic heterocycles. The number of rotatable bonds is 4. The van der Waals surface area contributed by atoms with E-state index in [2.05, 4.69) is 11.3 Å². The van der Waals surface area contributed by atoms with Crippen molar-refractivity contribution in [2.24, 2.45) is 23.7 Å². The number of fused-ring (bicyclic) bond motifs is 1. The van der Waals surface area contributed by atoms with E-state index in [-0.39, 0.29) is 13.3 Å². The predicted octanol–water partition coefficient (Wildman–Crippen LogP) is 2.32. The van der Waals surface area contributed by atoms with Crippen LogP contribution >= 0.6 is 0 Å². The highest BCUT2D eigenvalue weighted by Gasteiger charge is 2.74. The summed E-state index contributed by atoms with van der Waals surface area (Å²) >= 11 is 0. The fourth-order valence-electron chi connectivity index (χ4n) is 4.20. The van der Waals surface area contributed by atoms with Gasteiger partial charge in [-0.3, -0.25) is 9.59 Å². The van der Waals surface area contributed by atoms with Gasteiger partial charge in [-0.2, -0.15) is 26.3 Å². The van der Waals surface area contributed by atoms with Crippen molar-refractivity contribution in [1.29, 1.82) is 0 Å². The van der Waals surface area contributed by atoms with E-state index < -0.39 is 71.7 Å². The van der Waals surface area contributed by atoms with E-state index in [9.17, 15) is 40.7 Å². The van der Waals surface area contributed by atoms with Gasteiger partial charge in [0.25, 0.3) is 5.60 Å². The molecule has 0 aromatic rings. The molecule has 6 nitrogen and oxygen atoms in total. The zero-order valence-corrected chi connectivity index (χ0v) is 14.2. The fraction of sp³-hybridized carbons (Fsp3) is 0.688. The molecule has 0 aromatic heterocycles. The van der Waals surface area contributed by atoms with Crippen LogP contribution in [-0.2, 0) is 28.6 Å². The van der Waals surface area contributed by atoms with Crippen molar-refractivity contribution in [2.75, 3.05) is 0 Å². The van der Waals surface area contributed by atoms with Gasteiger partial charge in [-0.25, -0.2) is 4.79 Å². The van der Waals surface area contributed by atoms with Gasteiger partial charge in [-0.15, -0.1) is 0 Å². The van der Waals surface area contributed by atoms with Crippen LogP contribution in [0.3, 0.4) is 0 Å². The van der Waals surface area contributed by atoms with Crippen molar-refractivity contribution < 1.29 is 54.9 Å². The molecule has 1 saturated heterocycles. The second kappa shape index (κ2) is 6.11. The first kappa shape index (κ1) is 20.5. The van der Waals surface area contributed by atoms with E-state index in [0.717, 1.165) is 6.08 Å². The topological polar surface area (TPSA) is 78.9 Å². The summed E-state index contributed by atoms with van der Waals surface area (Å²) < 4.78 is 92.1. The number of hydrogen-bond donors (Lipinski definition) is 0. The summed E-state index contributed by atoms with van der Waals surface area (Å²) in [6.45, 7) is 2.87. The lowest BCUT2D eigenvalue weighted by atomic mass is 9.78. The van der Waals surface area contributed by atoms with E-state index in [0.29, 0.717) is 0 Å². The Labute approximate surface area is 153 Å². The molecule has 0 aromatic carbocycles. The molecule has 2 bridgehead atoms. The molecule has 3 aliphatic rings. The third-order valence-corrected chi connectivity index (χ3v) is 5.62. The maximum atomic E-state index is 13.0. The van der Waals surface area contributed by atoms with Crippen LogP contribution in [0.2, 0.25) is 0 Å². The number of halogens is 6. The summed E-state index contributed by atoms with van der Waals surface area (Å²) in [6, 6.07) is 0.